The third-order valence-corrected chi connectivity index (χ3v) is 5.77. The van der Waals surface area contributed by atoms with Crippen molar-refractivity contribution in [3.63, 3.8) is 0 Å². The molecule has 1 heterocycles. The molecule has 6 nitrogen and oxygen atoms in total. The molecule has 1 aromatic heterocycles. The van der Waals surface area contributed by atoms with E-state index in [0.29, 0.717) is 11.4 Å². The number of carbonyl (C=O) groups is 1. The topological polar surface area (TPSA) is 88.2 Å². The second-order valence-corrected chi connectivity index (χ2v) is 10.7. The number of hydrogen-bond donors (Lipinski definition) is 2. The number of aromatic nitrogens is 1. The predicted octanol–water partition coefficient (Wildman–Crippen LogP) is 4.70. The number of nitrogens with one attached hydrogen (secondary N) is 2. The molecule has 3 rings (SSSR count). The van der Waals surface area contributed by atoms with Crippen molar-refractivity contribution < 1.29 is 13.2 Å². The van der Waals surface area contributed by atoms with Crippen LogP contribution in [0.1, 0.15) is 60.9 Å². The number of carbonyl (C=O) groups excluding carboxylic acids is 1. The van der Waals surface area contributed by atoms with Gasteiger partial charge in [0.1, 0.15) is 5.69 Å². The molecule has 2 N–H and O–H groups in total. The van der Waals surface area contributed by atoms with E-state index < -0.39 is 10.0 Å². The molecule has 1 amide bonds. The van der Waals surface area contributed by atoms with Gasteiger partial charge in [0, 0.05) is 5.39 Å². The Morgan fingerprint density at radius 3 is 2.35 bits per heavy atom. The molecule has 2 aromatic carbocycles. The largest absolute Gasteiger partial charge is 0.344 e. The number of anilines is 1. The maximum atomic E-state index is 12.8. The van der Waals surface area contributed by atoms with Crippen molar-refractivity contribution in [1.82, 2.24) is 10.3 Å². The van der Waals surface area contributed by atoms with Crippen LogP contribution in [0.25, 0.3) is 10.9 Å². The van der Waals surface area contributed by atoms with Crippen molar-refractivity contribution in [3.8, 4) is 0 Å². The number of pyridine rings is 1. The van der Waals surface area contributed by atoms with Gasteiger partial charge in [0.25, 0.3) is 5.91 Å². The van der Waals surface area contributed by atoms with Gasteiger partial charge in [-0.15, -0.1) is 0 Å². The van der Waals surface area contributed by atoms with Crippen molar-refractivity contribution in [1.29, 1.82) is 0 Å². The fraction of sp³-hybridized carbons (Fsp3) is 0.333. The number of nitrogens with zero attached hydrogens (tertiary/aromatic N) is 1. The van der Waals surface area contributed by atoms with Gasteiger partial charge < -0.3 is 5.32 Å². The smallest absolute Gasteiger partial charge is 0.270 e. The average molecular weight is 440 g/mol. The van der Waals surface area contributed by atoms with E-state index in [0.717, 1.165) is 28.3 Å². The molecular weight excluding hydrogens is 410 g/mol. The monoisotopic (exact) mass is 439 g/mol. The highest BCUT2D eigenvalue weighted by atomic mass is 32.2. The molecule has 0 aliphatic heterocycles. The standard InChI is InChI=1S/C24H29N3O3S/c1-15-13-17(7-10-20(15)27-31(6,29)30)16(2)25-23(28)22-11-8-18-14-19(24(3,4)5)9-12-21(18)26-22/h7-14,16,27H,1-6H3,(H,25,28). The van der Waals surface area contributed by atoms with Crippen LogP contribution in [-0.4, -0.2) is 25.6 Å². The Labute approximate surface area is 184 Å². The number of benzene rings is 2. The van der Waals surface area contributed by atoms with Gasteiger partial charge in [-0.3, -0.25) is 9.52 Å². The summed E-state index contributed by atoms with van der Waals surface area (Å²) < 4.78 is 25.4. The Bertz CT molecular complexity index is 1240. The second-order valence-electron chi connectivity index (χ2n) is 9.00. The van der Waals surface area contributed by atoms with E-state index in [2.05, 4.69) is 47.9 Å². The summed E-state index contributed by atoms with van der Waals surface area (Å²) >= 11 is 0. The lowest BCUT2D eigenvalue weighted by molar-refractivity contribution is 0.0935. The van der Waals surface area contributed by atoms with Crippen LogP contribution in [-0.2, 0) is 15.4 Å². The molecule has 0 aliphatic carbocycles. The van der Waals surface area contributed by atoms with Gasteiger partial charge in [0.2, 0.25) is 10.0 Å². The SMILES string of the molecule is Cc1cc(C(C)NC(=O)c2ccc3cc(C(C)(C)C)ccc3n2)ccc1NS(C)(=O)=O. The first kappa shape index (κ1) is 22.7. The zero-order chi connectivity index (χ0) is 23.0. The minimum Gasteiger partial charge on any atom is -0.344 e. The van der Waals surface area contributed by atoms with Crippen molar-refractivity contribution in [2.75, 3.05) is 11.0 Å². The van der Waals surface area contributed by atoms with Gasteiger partial charge in [-0.2, -0.15) is 0 Å². The van der Waals surface area contributed by atoms with Crippen LogP contribution in [0.4, 0.5) is 5.69 Å². The third-order valence-electron chi connectivity index (χ3n) is 5.18. The second kappa shape index (κ2) is 8.30. The molecule has 3 aromatic rings. The van der Waals surface area contributed by atoms with E-state index >= 15 is 0 Å². The lowest BCUT2D eigenvalue weighted by Crippen LogP contribution is -2.27. The number of amides is 1. The normalized spacial score (nSPS) is 13.1. The van der Waals surface area contributed by atoms with Crippen molar-refractivity contribution >= 4 is 32.5 Å². The number of hydrogen-bond acceptors (Lipinski definition) is 4. The fourth-order valence-corrected chi connectivity index (χ4v) is 3.97. The quantitative estimate of drug-likeness (QED) is 0.603. The molecule has 7 heteroatoms. The lowest BCUT2D eigenvalue weighted by Gasteiger charge is -2.19. The fourth-order valence-electron chi connectivity index (χ4n) is 3.34. The minimum absolute atomic E-state index is 0.0458. The summed E-state index contributed by atoms with van der Waals surface area (Å²) in [6.07, 6.45) is 1.11. The van der Waals surface area contributed by atoms with Crippen LogP contribution in [0.2, 0.25) is 0 Å². The van der Waals surface area contributed by atoms with Gasteiger partial charge in [0.15, 0.2) is 0 Å². The molecule has 0 fully saturated rings. The summed E-state index contributed by atoms with van der Waals surface area (Å²) in [5.74, 6) is -0.259. The molecule has 0 saturated carbocycles. The van der Waals surface area contributed by atoms with Crippen molar-refractivity contribution in [2.24, 2.45) is 0 Å². The first-order valence-electron chi connectivity index (χ1n) is 10.1. The van der Waals surface area contributed by atoms with E-state index in [1.54, 1.807) is 18.2 Å². The first-order chi connectivity index (χ1) is 14.3. The number of sulfonamides is 1. The Morgan fingerprint density at radius 2 is 1.74 bits per heavy atom. The van der Waals surface area contributed by atoms with Gasteiger partial charge >= 0.3 is 0 Å². The van der Waals surface area contributed by atoms with Crippen LogP contribution in [0.15, 0.2) is 48.5 Å². The van der Waals surface area contributed by atoms with Gasteiger partial charge in [0.05, 0.1) is 23.5 Å². The zero-order valence-corrected chi connectivity index (χ0v) is 19.6. The van der Waals surface area contributed by atoms with Crippen LogP contribution < -0.4 is 10.0 Å². The molecule has 0 bridgehead atoms. The highest BCUT2D eigenvalue weighted by Crippen LogP contribution is 2.26. The summed E-state index contributed by atoms with van der Waals surface area (Å²) in [7, 11) is -3.34. The molecule has 0 saturated heterocycles. The van der Waals surface area contributed by atoms with Crippen LogP contribution in [0.3, 0.4) is 0 Å². The Hall–Kier alpha value is -2.93. The zero-order valence-electron chi connectivity index (χ0n) is 18.8. The van der Waals surface area contributed by atoms with Crippen LogP contribution in [0, 0.1) is 6.92 Å². The van der Waals surface area contributed by atoms with Gasteiger partial charge in [-0.05, 0) is 60.2 Å². The minimum atomic E-state index is -3.34. The summed E-state index contributed by atoms with van der Waals surface area (Å²) in [6.45, 7) is 10.2. The summed E-state index contributed by atoms with van der Waals surface area (Å²) in [5, 5.41) is 3.97. The van der Waals surface area contributed by atoms with Crippen molar-refractivity contribution in [3.05, 3.63) is 70.9 Å². The predicted molar refractivity (Wildman–Crippen MR) is 126 cm³/mol. The number of fused-ring (bicyclic) bond motifs is 1. The summed E-state index contributed by atoms with van der Waals surface area (Å²) in [6, 6.07) is 14.9. The van der Waals surface area contributed by atoms with E-state index in [4.69, 9.17) is 0 Å². The Balaban J connectivity index is 1.77. The van der Waals surface area contributed by atoms with E-state index in [1.807, 2.05) is 32.0 Å². The molecule has 0 spiro atoms. The molecule has 1 unspecified atom stereocenters. The highest BCUT2D eigenvalue weighted by Gasteiger charge is 2.17. The number of aryl methyl sites for hydroxylation is 1. The van der Waals surface area contributed by atoms with Crippen molar-refractivity contribution in [2.45, 2.75) is 46.1 Å². The molecule has 164 valence electrons. The molecule has 0 aliphatic rings. The third kappa shape index (κ3) is 5.61. The van der Waals surface area contributed by atoms with E-state index in [-0.39, 0.29) is 17.4 Å². The van der Waals surface area contributed by atoms with E-state index in [9.17, 15) is 13.2 Å². The summed E-state index contributed by atoms with van der Waals surface area (Å²) in [4.78, 5) is 17.3. The van der Waals surface area contributed by atoms with E-state index in [1.165, 1.54) is 5.56 Å². The Kier molecular flexibility index (Phi) is 6.09. The molecule has 31 heavy (non-hydrogen) atoms. The number of rotatable bonds is 5. The van der Waals surface area contributed by atoms with Gasteiger partial charge in [-0.25, -0.2) is 13.4 Å². The Morgan fingerprint density at radius 1 is 1.03 bits per heavy atom. The van der Waals surface area contributed by atoms with Crippen LogP contribution >= 0.6 is 0 Å². The molecule has 0 radical (unpaired) electrons. The molecule has 1 atom stereocenters. The average Bonchev–Trinajstić information content (AvgIpc) is 2.66. The summed E-state index contributed by atoms with van der Waals surface area (Å²) in [5.41, 5.74) is 4.58. The molecular formula is C24H29N3O3S. The highest BCUT2D eigenvalue weighted by molar-refractivity contribution is 7.92. The maximum absolute atomic E-state index is 12.8. The lowest BCUT2D eigenvalue weighted by atomic mass is 9.86. The van der Waals surface area contributed by atoms with Crippen LogP contribution in [0.5, 0.6) is 0 Å². The van der Waals surface area contributed by atoms with Gasteiger partial charge in [-0.1, -0.05) is 45.0 Å². The maximum Gasteiger partial charge on any atom is 0.270 e. The first-order valence-corrected chi connectivity index (χ1v) is 12.0.